The summed E-state index contributed by atoms with van der Waals surface area (Å²) in [5.41, 5.74) is 2.74. The van der Waals surface area contributed by atoms with Crippen LogP contribution >= 0.6 is 0 Å². The standard InChI is InChI=1S/C23H27N5O3/c1-16-4-2-3-10-27(16)23(30)20-21-24-9-5-19(28(21)15-25-20)17-6-11-26(12-7-17)22(29)18-8-13-31-14-18/h5,8-9,13-17H,2-4,6-7,10-12H2,1H3. The van der Waals surface area contributed by atoms with Gasteiger partial charge in [0.25, 0.3) is 11.8 Å². The molecule has 3 aromatic rings. The Kier molecular flexibility index (Phi) is 5.21. The molecule has 8 nitrogen and oxygen atoms in total. The lowest BCUT2D eigenvalue weighted by molar-refractivity contribution is 0.0631. The van der Waals surface area contributed by atoms with E-state index >= 15 is 0 Å². The highest BCUT2D eigenvalue weighted by atomic mass is 16.3. The maximum atomic E-state index is 13.2. The first-order valence-electron chi connectivity index (χ1n) is 11.1. The van der Waals surface area contributed by atoms with Crippen LogP contribution in [-0.2, 0) is 0 Å². The first-order chi connectivity index (χ1) is 15.1. The van der Waals surface area contributed by atoms with Crippen LogP contribution in [0.25, 0.3) is 5.65 Å². The lowest BCUT2D eigenvalue weighted by Gasteiger charge is -2.33. The number of fused-ring (bicyclic) bond motifs is 1. The van der Waals surface area contributed by atoms with Crippen molar-refractivity contribution < 1.29 is 14.0 Å². The van der Waals surface area contributed by atoms with Crippen LogP contribution in [0.1, 0.15) is 71.5 Å². The molecule has 5 heterocycles. The monoisotopic (exact) mass is 421 g/mol. The minimum atomic E-state index is -0.0279. The molecule has 1 atom stereocenters. The number of piperidine rings is 2. The van der Waals surface area contributed by atoms with Crippen LogP contribution in [0.3, 0.4) is 0 Å². The summed E-state index contributed by atoms with van der Waals surface area (Å²) in [5, 5.41) is 0. The highest BCUT2D eigenvalue weighted by molar-refractivity contribution is 5.98. The molecule has 2 aliphatic heterocycles. The van der Waals surface area contributed by atoms with Crippen molar-refractivity contribution >= 4 is 17.5 Å². The number of rotatable bonds is 3. The largest absolute Gasteiger partial charge is 0.472 e. The number of nitrogens with zero attached hydrogens (tertiary/aromatic N) is 5. The van der Waals surface area contributed by atoms with Gasteiger partial charge in [0, 0.05) is 43.5 Å². The van der Waals surface area contributed by atoms with E-state index in [0.29, 0.717) is 30.0 Å². The van der Waals surface area contributed by atoms with Crippen molar-refractivity contribution in [2.45, 2.75) is 51.0 Å². The number of imidazole rings is 1. The molecule has 0 saturated carbocycles. The van der Waals surface area contributed by atoms with Gasteiger partial charge in [0.2, 0.25) is 0 Å². The molecule has 31 heavy (non-hydrogen) atoms. The zero-order valence-electron chi connectivity index (χ0n) is 17.7. The zero-order valence-corrected chi connectivity index (χ0v) is 17.7. The maximum absolute atomic E-state index is 13.2. The fourth-order valence-electron chi connectivity index (χ4n) is 4.89. The minimum Gasteiger partial charge on any atom is -0.472 e. The highest BCUT2D eigenvalue weighted by Crippen LogP contribution is 2.30. The van der Waals surface area contributed by atoms with Gasteiger partial charge in [0.15, 0.2) is 11.3 Å². The number of amides is 2. The van der Waals surface area contributed by atoms with Gasteiger partial charge in [0.1, 0.15) is 12.6 Å². The highest BCUT2D eigenvalue weighted by Gasteiger charge is 2.30. The van der Waals surface area contributed by atoms with E-state index in [2.05, 4.69) is 16.9 Å². The summed E-state index contributed by atoms with van der Waals surface area (Å²) < 4.78 is 7.00. The Hall–Kier alpha value is -3.16. The molecule has 0 aromatic carbocycles. The van der Waals surface area contributed by atoms with Crippen LogP contribution in [0.15, 0.2) is 41.6 Å². The molecule has 2 amide bonds. The predicted octanol–water partition coefficient (Wildman–Crippen LogP) is 3.36. The Labute approximate surface area is 180 Å². The Morgan fingerprint density at radius 3 is 2.61 bits per heavy atom. The molecule has 5 rings (SSSR count). The Morgan fingerprint density at radius 2 is 1.87 bits per heavy atom. The van der Waals surface area contributed by atoms with Crippen molar-refractivity contribution in [2.24, 2.45) is 0 Å². The third-order valence-corrected chi connectivity index (χ3v) is 6.70. The number of hydrogen-bond acceptors (Lipinski definition) is 5. The van der Waals surface area contributed by atoms with Gasteiger partial charge in [0.05, 0.1) is 11.8 Å². The van der Waals surface area contributed by atoms with E-state index in [0.717, 1.165) is 37.9 Å². The van der Waals surface area contributed by atoms with Gasteiger partial charge in [-0.3, -0.25) is 14.0 Å². The number of furan rings is 1. The molecular formula is C23H27N5O3. The van der Waals surface area contributed by atoms with Crippen molar-refractivity contribution in [1.82, 2.24) is 24.2 Å². The van der Waals surface area contributed by atoms with Crippen molar-refractivity contribution in [3.05, 3.63) is 54.1 Å². The molecule has 162 valence electrons. The zero-order chi connectivity index (χ0) is 21.4. The molecule has 2 saturated heterocycles. The van der Waals surface area contributed by atoms with Crippen LogP contribution in [0.4, 0.5) is 0 Å². The number of aromatic nitrogens is 3. The minimum absolute atomic E-state index is 0.0123. The molecule has 2 aliphatic rings. The maximum Gasteiger partial charge on any atom is 0.276 e. The Morgan fingerprint density at radius 1 is 1.03 bits per heavy atom. The smallest absolute Gasteiger partial charge is 0.276 e. The molecule has 0 bridgehead atoms. The van der Waals surface area contributed by atoms with Crippen LogP contribution in [0.5, 0.6) is 0 Å². The van der Waals surface area contributed by atoms with Gasteiger partial charge >= 0.3 is 0 Å². The third kappa shape index (κ3) is 3.60. The van der Waals surface area contributed by atoms with Crippen LogP contribution in [0.2, 0.25) is 0 Å². The van der Waals surface area contributed by atoms with E-state index in [1.165, 1.54) is 18.9 Å². The second kappa shape index (κ2) is 8.17. The van der Waals surface area contributed by atoms with E-state index < -0.39 is 0 Å². The molecule has 1 unspecified atom stereocenters. The summed E-state index contributed by atoms with van der Waals surface area (Å²) in [7, 11) is 0. The van der Waals surface area contributed by atoms with Gasteiger partial charge in [-0.2, -0.15) is 0 Å². The van der Waals surface area contributed by atoms with E-state index in [1.807, 2.05) is 20.3 Å². The lowest BCUT2D eigenvalue weighted by atomic mass is 9.93. The van der Waals surface area contributed by atoms with Crippen LogP contribution in [0, 0.1) is 0 Å². The van der Waals surface area contributed by atoms with E-state index in [4.69, 9.17) is 4.42 Å². The number of carbonyl (C=O) groups excluding carboxylic acids is 2. The molecule has 3 aromatic heterocycles. The molecule has 0 N–H and O–H groups in total. The molecule has 0 spiro atoms. The predicted molar refractivity (Wildman–Crippen MR) is 114 cm³/mol. The van der Waals surface area contributed by atoms with Crippen molar-refractivity contribution in [2.75, 3.05) is 19.6 Å². The van der Waals surface area contributed by atoms with Gasteiger partial charge in [-0.15, -0.1) is 0 Å². The van der Waals surface area contributed by atoms with Gasteiger partial charge in [-0.25, -0.2) is 9.97 Å². The SMILES string of the molecule is CC1CCCCN1C(=O)c1ncn2c(C3CCN(C(=O)c4ccoc4)CC3)ccnc12. The molecule has 0 radical (unpaired) electrons. The topological polar surface area (TPSA) is 84.0 Å². The average molecular weight is 422 g/mol. The lowest BCUT2D eigenvalue weighted by Crippen LogP contribution is -2.42. The van der Waals surface area contributed by atoms with Crippen molar-refractivity contribution in [1.29, 1.82) is 0 Å². The fourth-order valence-corrected chi connectivity index (χ4v) is 4.89. The average Bonchev–Trinajstić information content (AvgIpc) is 3.49. The second-order valence-corrected chi connectivity index (χ2v) is 8.58. The van der Waals surface area contributed by atoms with E-state index in [1.54, 1.807) is 18.6 Å². The summed E-state index contributed by atoms with van der Waals surface area (Å²) in [5.74, 6) is 0.267. The summed E-state index contributed by atoms with van der Waals surface area (Å²) in [6.45, 7) is 4.25. The van der Waals surface area contributed by atoms with E-state index in [-0.39, 0.29) is 23.8 Å². The normalized spacial score (nSPS) is 20.4. The van der Waals surface area contributed by atoms with Crippen molar-refractivity contribution in [3.8, 4) is 0 Å². The summed E-state index contributed by atoms with van der Waals surface area (Å²) >= 11 is 0. The Bertz CT molecular complexity index is 1080. The third-order valence-electron chi connectivity index (χ3n) is 6.70. The number of carbonyl (C=O) groups is 2. The molecule has 0 aliphatic carbocycles. The second-order valence-electron chi connectivity index (χ2n) is 8.58. The number of likely N-dealkylation sites (tertiary alicyclic amines) is 2. The van der Waals surface area contributed by atoms with Crippen molar-refractivity contribution in [3.63, 3.8) is 0 Å². The van der Waals surface area contributed by atoms with E-state index in [9.17, 15) is 9.59 Å². The number of hydrogen-bond donors (Lipinski definition) is 0. The van der Waals surface area contributed by atoms with Crippen LogP contribution in [-0.4, -0.2) is 61.7 Å². The van der Waals surface area contributed by atoms with Gasteiger partial charge < -0.3 is 14.2 Å². The first-order valence-corrected chi connectivity index (χ1v) is 11.1. The molecular weight excluding hydrogens is 394 g/mol. The summed E-state index contributed by atoms with van der Waals surface area (Å²) in [4.78, 5) is 38.5. The first kappa shape index (κ1) is 19.8. The summed E-state index contributed by atoms with van der Waals surface area (Å²) in [6, 6.07) is 3.94. The molecule has 8 heteroatoms. The van der Waals surface area contributed by atoms with Crippen LogP contribution < -0.4 is 0 Å². The quantitative estimate of drug-likeness (QED) is 0.648. The van der Waals surface area contributed by atoms with Gasteiger partial charge in [-0.05, 0) is 51.2 Å². The Balaban J connectivity index is 1.35. The molecule has 2 fully saturated rings. The van der Waals surface area contributed by atoms with Gasteiger partial charge in [-0.1, -0.05) is 0 Å². The fraction of sp³-hybridized carbons (Fsp3) is 0.478. The summed E-state index contributed by atoms with van der Waals surface area (Å²) in [6.07, 6.45) is 11.5.